The zero-order chi connectivity index (χ0) is 18.1. The summed E-state index contributed by atoms with van der Waals surface area (Å²) in [7, 11) is 0. The van der Waals surface area contributed by atoms with Crippen molar-refractivity contribution in [2.75, 3.05) is 0 Å². The van der Waals surface area contributed by atoms with E-state index in [0.717, 1.165) is 12.8 Å². The van der Waals surface area contributed by atoms with Crippen LogP contribution in [0.2, 0.25) is 0 Å². The minimum absolute atomic E-state index is 0.364. The fraction of sp³-hybridized carbons (Fsp3) is 0.250. The monoisotopic (exact) mass is 343 g/mol. The minimum atomic E-state index is -0.364. The summed E-state index contributed by atoms with van der Waals surface area (Å²) in [4.78, 5) is 0. The van der Waals surface area contributed by atoms with Crippen LogP contribution in [0.1, 0.15) is 23.1 Å². The van der Waals surface area contributed by atoms with Gasteiger partial charge in [0.2, 0.25) is 0 Å². The maximum absolute atomic E-state index is 10.7. The molecule has 3 aromatic carbocycles. The molecule has 0 amide bonds. The van der Waals surface area contributed by atoms with Crippen LogP contribution in [0.5, 0.6) is 0 Å². The fourth-order valence-electron chi connectivity index (χ4n) is 3.81. The molecule has 0 aliphatic rings. The third-order valence-corrected chi connectivity index (χ3v) is 5.18. The lowest BCUT2D eigenvalue weighted by Crippen LogP contribution is -2.16. The average Bonchev–Trinajstić information content (AvgIpc) is 2.93. The normalized spacial score (nSPS) is 12.7. The van der Waals surface area contributed by atoms with E-state index in [-0.39, 0.29) is 6.10 Å². The first kappa shape index (κ1) is 16.9. The molecule has 1 atom stereocenters. The smallest absolute Gasteiger partial charge is 0.0722 e. The van der Waals surface area contributed by atoms with E-state index in [1.165, 1.54) is 38.5 Å². The van der Waals surface area contributed by atoms with E-state index in [1.54, 1.807) is 0 Å². The highest BCUT2D eigenvalue weighted by molar-refractivity contribution is 6.08. The number of aromatic nitrogens is 1. The highest BCUT2D eigenvalue weighted by atomic mass is 16.3. The number of hydrogen-bond acceptors (Lipinski definition) is 1. The number of rotatable bonds is 5. The first-order valence-corrected chi connectivity index (χ1v) is 9.33. The van der Waals surface area contributed by atoms with Crippen molar-refractivity contribution in [3.05, 3.63) is 83.4 Å². The Labute approximate surface area is 154 Å². The molecule has 1 heterocycles. The molecule has 2 nitrogen and oxygen atoms in total. The Bertz CT molecular complexity index is 987. The van der Waals surface area contributed by atoms with Gasteiger partial charge >= 0.3 is 0 Å². The minimum Gasteiger partial charge on any atom is -0.391 e. The number of aliphatic hydroxyl groups is 1. The second-order valence-corrected chi connectivity index (χ2v) is 7.33. The summed E-state index contributed by atoms with van der Waals surface area (Å²) in [5.74, 6) is 0. The van der Waals surface area contributed by atoms with Gasteiger partial charge in [0.15, 0.2) is 0 Å². The Morgan fingerprint density at radius 3 is 1.96 bits per heavy atom. The van der Waals surface area contributed by atoms with Crippen molar-refractivity contribution in [3.8, 4) is 0 Å². The summed E-state index contributed by atoms with van der Waals surface area (Å²) >= 11 is 0. The molecular weight excluding hydrogens is 318 g/mol. The van der Waals surface area contributed by atoms with Crippen LogP contribution in [-0.4, -0.2) is 15.8 Å². The lowest BCUT2D eigenvalue weighted by atomic mass is 10.1. The van der Waals surface area contributed by atoms with Gasteiger partial charge in [0.05, 0.1) is 6.10 Å². The van der Waals surface area contributed by atoms with Gasteiger partial charge in [-0.15, -0.1) is 0 Å². The highest BCUT2D eigenvalue weighted by Crippen LogP contribution is 2.31. The summed E-state index contributed by atoms with van der Waals surface area (Å²) in [6.07, 6.45) is 1.30. The predicted octanol–water partition coefficient (Wildman–Crippen LogP) is 5.41. The third-order valence-electron chi connectivity index (χ3n) is 5.18. The summed E-state index contributed by atoms with van der Waals surface area (Å²) in [6.45, 7) is 4.89. The van der Waals surface area contributed by atoms with Crippen LogP contribution in [0.3, 0.4) is 0 Å². The van der Waals surface area contributed by atoms with Gasteiger partial charge in [0.1, 0.15) is 0 Å². The van der Waals surface area contributed by atoms with E-state index in [1.807, 2.05) is 6.07 Å². The van der Waals surface area contributed by atoms with Crippen LogP contribution in [0, 0.1) is 13.8 Å². The molecule has 0 aliphatic heterocycles. The lowest BCUT2D eigenvalue weighted by molar-refractivity contribution is 0.147. The molecular formula is C24H25NO. The van der Waals surface area contributed by atoms with E-state index >= 15 is 0 Å². The first-order valence-electron chi connectivity index (χ1n) is 9.33. The second kappa shape index (κ2) is 6.97. The Morgan fingerprint density at radius 1 is 0.808 bits per heavy atom. The Kier molecular flexibility index (Phi) is 4.52. The van der Waals surface area contributed by atoms with Crippen LogP contribution in [-0.2, 0) is 13.0 Å². The summed E-state index contributed by atoms with van der Waals surface area (Å²) in [5, 5.41) is 13.2. The number of aliphatic hydroxyl groups excluding tert-OH is 1. The first-order chi connectivity index (χ1) is 12.6. The van der Waals surface area contributed by atoms with Crippen molar-refractivity contribution in [2.24, 2.45) is 0 Å². The van der Waals surface area contributed by atoms with Crippen molar-refractivity contribution in [1.29, 1.82) is 0 Å². The summed E-state index contributed by atoms with van der Waals surface area (Å²) in [6, 6.07) is 23.6. The van der Waals surface area contributed by atoms with Crippen molar-refractivity contribution in [2.45, 2.75) is 39.3 Å². The molecule has 4 aromatic rings. The van der Waals surface area contributed by atoms with Crippen molar-refractivity contribution < 1.29 is 5.11 Å². The Morgan fingerprint density at radius 2 is 1.38 bits per heavy atom. The molecule has 0 saturated heterocycles. The number of aryl methyl sites for hydroxylation is 3. The maximum Gasteiger partial charge on any atom is 0.0722 e. The highest BCUT2D eigenvalue weighted by Gasteiger charge is 2.14. The number of benzene rings is 3. The van der Waals surface area contributed by atoms with Crippen LogP contribution in [0.25, 0.3) is 21.8 Å². The predicted molar refractivity (Wildman–Crippen MR) is 110 cm³/mol. The van der Waals surface area contributed by atoms with Crippen molar-refractivity contribution in [1.82, 2.24) is 4.57 Å². The molecule has 1 unspecified atom stereocenters. The molecule has 4 rings (SSSR count). The zero-order valence-corrected chi connectivity index (χ0v) is 15.4. The summed E-state index contributed by atoms with van der Waals surface area (Å²) < 4.78 is 2.28. The van der Waals surface area contributed by atoms with Gasteiger partial charge in [0, 0.05) is 28.4 Å². The van der Waals surface area contributed by atoms with Gasteiger partial charge in [-0.05, 0) is 56.5 Å². The Hall–Kier alpha value is -2.58. The standard InChI is InChI=1S/C24H25NO/c1-17-8-12-23-21(14-17)22-15-18(2)9-13-24(22)25(23)16-20(26)11-10-19-6-4-3-5-7-19/h3-9,12-15,20,26H,10-11,16H2,1-2H3. The van der Waals surface area contributed by atoms with Crippen LogP contribution in [0.4, 0.5) is 0 Å². The molecule has 0 bridgehead atoms. The molecule has 0 aliphatic carbocycles. The number of nitrogens with zero attached hydrogens (tertiary/aromatic N) is 1. The molecule has 2 heteroatoms. The van der Waals surface area contributed by atoms with Gasteiger partial charge in [-0.25, -0.2) is 0 Å². The molecule has 1 N–H and O–H groups in total. The number of fused-ring (bicyclic) bond motifs is 3. The van der Waals surface area contributed by atoms with E-state index in [2.05, 4.69) is 79.1 Å². The Balaban J connectivity index is 1.66. The quantitative estimate of drug-likeness (QED) is 0.515. The van der Waals surface area contributed by atoms with Crippen LogP contribution < -0.4 is 0 Å². The van der Waals surface area contributed by atoms with Crippen molar-refractivity contribution >= 4 is 21.8 Å². The molecule has 0 saturated carbocycles. The molecule has 0 fully saturated rings. The van der Waals surface area contributed by atoms with E-state index in [4.69, 9.17) is 0 Å². The van der Waals surface area contributed by atoms with Gasteiger partial charge < -0.3 is 9.67 Å². The molecule has 26 heavy (non-hydrogen) atoms. The van der Waals surface area contributed by atoms with E-state index < -0.39 is 0 Å². The molecule has 0 spiro atoms. The lowest BCUT2D eigenvalue weighted by Gasteiger charge is -2.14. The largest absolute Gasteiger partial charge is 0.391 e. The van der Waals surface area contributed by atoms with Crippen LogP contribution in [0.15, 0.2) is 66.7 Å². The van der Waals surface area contributed by atoms with Crippen LogP contribution >= 0.6 is 0 Å². The van der Waals surface area contributed by atoms with Gasteiger partial charge in [-0.2, -0.15) is 0 Å². The van der Waals surface area contributed by atoms with Gasteiger partial charge in [-0.1, -0.05) is 53.6 Å². The molecule has 1 aromatic heterocycles. The van der Waals surface area contributed by atoms with Gasteiger partial charge in [-0.3, -0.25) is 0 Å². The third kappa shape index (κ3) is 3.25. The SMILES string of the molecule is Cc1ccc2c(c1)c1cc(C)ccc1n2CC(O)CCc1ccccc1. The topological polar surface area (TPSA) is 25.2 Å². The van der Waals surface area contributed by atoms with E-state index in [9.17, 15) is 5.11 Å². The molecule has 132 valence electrons. The number of hydrogen-bond donors (Lipinski definition) is 1. The average molecular weight is 343 g/mol. The van der Waals surface area contributed by atoms with Gasteiger partial charge in [0.25, 0.3) is 0 Å². The van der Waals surface area contributed by atoms with E-state index in [0.29, 0.717) is 6.54 Å². The second-order valence-electron chi connectivity index (χ2n) is 7.33. The molecule has 0 radical (unpaired) electrons. The maximum atomic E-state index is 10.7. The van der Waals surface area contributed by atoms with Crippen molar-refractivity contribution in [3.63, 3.8) is 0 Å². The zero-order valence-electron chi connectivity index (χ0n) is 15.4. The fourth-order valence-corrected chi connectivity index (χ4v) is 3.81. The summed E-state index contributed by atoms with van der Waals surface area (Å²) in [5.41, 5.74) is 6.22.